The van der Waals surface area contributed by atoms with Gasteiger partial charge in [-0.1, -0.05) is 42.5 Å². The molecule has 14 nitrogen and oxygen atoms in total. The molecule has 0 bridgehead atoms. The summed E-state index contributed by atoms with van der Waals surface area (Å²) in [4.78, 5) is 45.1. The van der Waals surface area contributed by atoms with Gasteiger partial charge in [-0.25, -0.2) is 13.1 Å². The Hall–Kier alpha value is -5.00. The second-order valence-electron chi connectivity index (χ2n) is 14.4. The smallest absolute Gasteiger partial charge is 0.293 e. The van der Waals surface area contributed by atoms with Gasteiger partial charge < -0.3 is 24.6 Å². The van der Waals surface area contributed by atoms with Crippen molar-refractivity contribution in [3.05, 3.63) is 112 Å². The first-order valence-corrected chi connectivity index (χ1v) is 21.8. The molecule has 2 N–H and O–H groups in total. The molecular weight excluding hydrogens is 781 g/mol. The average Bonchev–Trinajstić information content (AvgIpc) is 3.23. The Kier molecular flexibility index (Phi) is 14.8. The normalized spacial score (nSPS) is 15.7. The number of carbonyl (C=O) groups is 2. The lowest BCUT2D eigenvalue weighted by molar-refractivity contribution is -0.384. The number of nitrogens with zero attached hydrogens (tertiary/aromatic N) is 4. The van der Waals surface area contributed by atoms with Crippen molar-refractivity contribution in [3.8, 4) is 16.9 Å². The Balaban J connectivity index is 1.11. The number of benzene rings is 4. The number of anilines is 1. The summed E-state index contributed by atoms with van der Waals surface area (Å²) < 4.78 is 40.1. The van der Waals surface area contributed by atoms with Crippen molar-refractivity contribution in [2.45, 2.75) is 35.1 Å². The average molecular weight is 831 g/mol. The van der Waals surface area contributed by atoms with Crippen molar-refractivity contribution in [1.82, 2.24) is 19.4 Å². The molecule has 4 aromatic carbocycles. The molecule has 0 radical (unpaired) electrons. The van der Waals surface area contributed by atoms with Gasteiger partial charge in [-0.15, -0.1) is 11.8 Å². The van der Waals surface area contributed by atoms with Crippen molar-refractivity contribution < 1.29 is 32.4 Å². The summed E-state index contributed by atoms with van der Waals surface area (Å²) in [5.41, 5.74) is 2.40. The van der Waals surface area contributed by atoms with Gasteiger partial charge in [0, 0.05) is 79.6 Å². The number of ether oxygens (including phenoxy) is 2. The van der Waals surface area contributed by atoms with Crippen LogP contribution in [0.5, 0.6) is 5.75 Å². The zero-order valence-corrected chi connectivity index (χ0v) is 34.4. The summed E-state index contributed by atoms with van der Waals surface area (Å²) in [5, 5.41) is 15.5. The quantitative estimate of drug-likeness (QED) is 0.0794. The van der Waals surface area contributed by atoms with Crippen LogP contribution in [0.15, 0.2) is 101 Å². The van der Waals surface area contributed by atoms with Crippen LogP contribution in [0.1, 0.15) is 28.8 Å². The van der Waals surface area contributed by atoms with Gasteiger partial charge in [0.05, 0.1) is 30.1 Å². The lowest BCUT2D eigenvalue weighted by Gasteiger charge is -2.33. The standard InChI is InChI=1S/C42H50N6O8S2/c1-45-19-21-47(22-20-45)41(49)28-34(30-57-35-8-4-3-5-9-35)43-38-17-15-36(29-39(38)48(51)52)58(53,54)44-42(50)33-13-11-32(12-14-33)37-16-10-31(27-40(37)55-2)7-6-18-46-23-25-56-26-24-46/h3-5,8-17,27,29,34,43H,6-7,18-26,28,30H2,1-2H3,(H,44,50)/t34-/m1/s1. The van der Waals surface area contributed by atoms with Crippen LogP contribution in [0.2, 0.25) is 0 Å². The molecule has 0 unspecified atom stereocenters. The van der Waals surface area contributed by atoms with Gasteiger partial charge in [0.15, 0.2) is 0 Å². The Labute approximate surface area is 344 Å². The molecule has 16 heteroatoms. The molecule has 2 heterocycles. The Bertz CT molecular complexity index is 2140. The van der Waals surface area contributed by atoms with Gasteiger partial charge >= 0.3 is 0 Å². The molecule has 0 aromatic heterocycles. The third kappa shape index (κ3) is 11.6. The number of nitro groups is 1. The van der Waals surface area contributed by atoms with E-state index in [0.717, 1.165) is 86.4 Å². The number of aryl methyl sites for hydroxylation is 1. The van der Waals surface area contributed by atoms with Crippen LogP contribution in [-0.4, -0.2) is 125 Å². The predicted octanol–water partition coefficient (Wildman–Crippen LogP) is 5.39. The molecule has 2 aliphatic rings. The number of likely N-dealkylation sites (N-methyl/N-ethyl adjacent to an activating group) is 1. The highest BCUT2D eigenvalue weighted by Crippen LogP contribution is 2.33. The SMILES string of the molecule is COc1cc(CCCN2CCOCC2)ccc1-c1ccc(C(=O)NS(=O)(=O)c2ccc(N[C@@H](CSc3ccccc3)CC(=O)N3CCN(C)CC3)c([N+](=O)[O-])c2)cc1. The molecule has 1 atom stereocenters. The van der Waals surface area contributed by atoms with Crippen molar-refractivity contribution in [3.63, 3.8) is 0 Å². The maximum absolute atomic E-state index is 13.4. The maximum Gasteiger partial charge on any atom is 0.293 e. The fourth-order valence-corrected chi connectivity index (χ4v) is 8.87. The highest BCUT2D eigenvalue weighted by atomic mass is 32.2. The largest absolute Gasteiger partial charge is 0.496 e. The van der Waals surface area contributed by atoms with Crippen LogP contribution in [0.4, 0.5) is 11.4 Å². The first-order chi connectivity index (χ1) is 28.0. The zero-order valence-electron chi connectivity index (χ0n) is 32.8. The van der Waals surface area contributed by atoms with E-state index >= 15 is 0 Å². The van der Waals surface area contributed by atoms with Gasteiger partial charge in [0.25, 0.3) is 21.6 Å². The zero-order chi connectivity index (χ0) is 41.1. The van der Waals surface area contributed by atoms with Gasteiger partial charge in [-0.05, 0) is 80.0 Å². The van der Waals surface area contributed by atoms with E-state index in [1.54, 1.807) is 24.1 Å². The first-order valence-electron chi connectivity index (χ1n) is 19.3. The first kappa shape index (κ1) is 42.6. The number of morpholine rings is 1. The molecule has 0 aliphatic carbocycles. The van der Waals surface area contributed by atoms with Crippen molar-refractivity contribution in [2.24, 2.45) is 0 Å². The third-order valence-electron chi connectivity index (χ3n) is 10.3. The van der Waals surface area contributed by atoms with Gasteiger partial charge in [-0.3, -0.25) is 24.6 Å². The summed E-state index contributed by atoms with van der Waals surface area (Å²) in [6, 6.07) is 25.0. The predicted molar refractivity (Wildman–Crippen MR) is 225 cm³/mol. The number of amides is 2. The molecule has 2 amide bonds. The Morgan fingerprint density at radius 1 is 0.931 bits per heavy atom. The highest BCUT2D eigenvalue weighted by molar-refractivity contribution is 7.99. The fraction of sp³-hybridized carbons (Fsp3) is 0.381. The number of nitrogens with one attached hydrogen (secondary N) is 2. The van der Waals surface area contributed by atoms with E-state index < -0.39 is 37.5 Å². The Morgan fingerprint density at radius 3 is 2.34 bits per heavy atom. The number of hydrogen-bond donors (Lipinski definition) is 2. The van der Waals surface area contributed by atoms with Crippen molar-refractivity contribution in [2.75, 3.05) is 84.3 Å². The number of thioether (sulfide) groups is 1. The van der Waals surface area contributed by atoms with Gasteiger partial charge in [0.2, 0.25) is 5.91 Å². The molecule has 58 heavy (non-hydrogen) atoms. The van der Waals surface area contributed by atoms with Crippen LogP contribution >= 0.6 is 11.8 Å². The van der Waals surface area contributed by atoms with Crippen molar-refractivity contribution in [1.29, 1.82) is 0 Å². The molecule has 4 aromatic rings. The van der Waals surface area contributed by atoms with E-state index in [0.29, 0.717) is 24.6 Å². The number of sulfonamides is 1. The van der Waals surface area contributed by atoms with Crippen LogP contribution in [0.3, 0.4) is 0 Å². The third-order valence-corrected chi connectivity index (χ3v) is 12.8. The summed E-state index contributed by atoms with van der Waals surface area (Å²) in [6.45, 7) is 7.15. The molecule has 2 aliphatic heterocycles. The molecule has 6 rings (SSSR count). The van der Waals surface area contributed by atoms with Crippen LogP contribution < -0.4 is 14.8 Å². The van der Waals surface area contributed by atoms with Crippen LogP contribution in [0, 0.1) is 10.1 Å². The minimum absolute atomic E-state index is 0.0622. The van der Waals surface area contributed by atoms with E-state index in [-0.39, 0.29) is 23.6 Å². The van der Waals surface area contributed by atoms with Crippen LogP contribution in [-0.2, 0) is 26.0 Å². The van der Waals surface area contributed by atoms with Gasteiger partial charge in [-0.2, -0.15) is 0 Å². The van der Waals surface area contributed by atoms with E-state index in [2.05, 4.69) is 21.2 Å². The monoisotopic (exact) mass is 830 g/mol. The molecule has 2 fully saturated rings. The second-order valence-corrected chi connectivity index (χ2v) is 17.2. The lowest BCUT2D eigenvalue weighted by Crippen LogP contribution is -2.48. The number of methoxy groups -OCH3 is 1. The minimum atomic E-state index is -4.52. The molecule has 0 saturated carbocycles. The molecular formula is C42H50N6O8S2. The number of carbonyl (C=O) groups excluding carboxylic acids is 2. The highest BCUT2D eigenvalue weighted by Gasteiger charge is 2.27. The van der Waals surface area contributed by atoms with E-state index in [1.165, 1.54) is 36.0 Å². The van der Waals surface area contributed by atoms with E-state index in [1.807, 2.05) is 54.2 Å². The van der Waals surface area contributed by atoms with E-state index in [4.69, 9.17) is 9.47 Å². The molecule has 0 spiro atoms. The summed E-state index contributed by atoms with van der Waals surface area (Å²) in [6.07, 6.45) is 2.00. The second kappa shape index (κ2) is 20.1. The molecule has 2 saturated heterocycles. The van der Waals surface area contributed by atoms with Gasteiger partial charge in [0.1, 0.15) is 11.4 Å². The maximum atomic E-state index is 13.4. The number of piperazine rings is 1. The topological polar surface area (TPSA) is 164 Å². The summed E-state index contributed by atoms with van der Waals surface area (Å²) in [5.74, 6) is 0.147. The minimum Gasteiger partial charge on any atom is -0.496 e. The summed E-state index contributed by atoms with van der Waals surface area (Å²) in [7, 11) is -0.907. The number of nitro benzene ring substituents is 1. The number of hydrogen-bond acceptors (Lipinski definition) is 12. The summed E-state index contributed by atoms with van der Waals surface area (Å²) >= 11 is 1.51. The Morgan fingerprint density at radius 2 is 1.66 bits per heavy atom. The lowest BCUT2D eigenvalue weighted by atomic mass is 9.99. The fourth-order valence-electron chi connectivity index (χ4n) is 6.93. The van der Waals surface area contributed by atoms with E-state index in [9.17, 15) is 28.1 Å². The molecule has 308 valence electrons. The van der Waals surface area contributed by atoms with Crippen molar-refractivity contribution >= 4 is 45.0 Å². The number of rotatable bonds is 17. The van der Waals surface area contributed by atoms with Crippen LogP contribution in [0.25, 0.3) is 11.1 Å².